The molecule has 0 unspecified atom stereocenters. The summed E-state index contributed by atoms with van der Waals surface area (Å²) < 4.78 is 2.19. The maximum absolute atomic E-state index is 9.17. The van der Waals surface area contributed by atoms with Crippen LogP contribution in [-0.2, 0) is 6.54 Å². The van der Waals surface area contributed by atoms with Crippen LogP contribution in [0.2, 0.25) is 0 Å². The summed E-state index contributed by atoms with van der Waals surface area (Å²) in [5, 5.41) is 10.5. The van der Waals surface area contributed by atoms with Gasteiger partial charge < -0.3 is 9.67 Å². The van der Waals surface area contributed by atoms with Crippen LogP contribution >= 0.6 is 0 Å². The Morgan fingerprint density at radius 2 is 1.82 bits per heavy atom. The van der Waals surface area contributed by atoms with E-state index in [9.17, 15) is 0 Å². The molecule has 0 atom stereocenters. The van der Waals surface area contributed by atoms with E-state index in [1.165, 1.54) is 27.6 Å². The molecule has 2 rings (SSSR count). The maximum atomic E-state index is 9.17. The van der Waals surface area contributed by atoms with E-state index in [1.807, 2.05) is 0 Å². The number of fused-ring (bicyclic) bond motifs is 1. The minimum atomic E-state index is 0.189. The van der Waals surface area contributed by atoms with Gasteiger partial charge in [-0.2, -0.15) is 0 Å². The van der Waals surface area contributed by atoms with Crippen LogP contribution in [0.25, 0.3) is 10.9 Å². The zero-order valence-electron chi connectivity index (χ0n) is 11.1. The molecule has 17 heavy (non-hydrogen) atoms. The molecule has 0 saturated carbocycles. The van der Waals surface area contributed by atoms with Crippen molar-refractivity contribution in [2.45, 2.75) is 40.2 Å². The number of aliphatic hydroxyl groups excluding tert-OH is 1. The van der Waals surface area contributed by atoms with Gasteiger partial charge in [-0.3, -0.25) is 0 Å². The highest BCUT2D eigenvalue weighted by molar-refractivity contribution is 5.90. The maximum Gasteiger partial charge on any atom is 0.0610 e. The Bertz CT molecular complexity index is 537. The number of rotatable bonds is 3. The van der Waals surface area contributed by atoms with Crippen LogP contribution < -0.4 is 0 Å². The average molecular weight is 231 g/mol. The van der Waals surface area contributed by atoms with Gasteiger partial charge >= 0.3 is 0 Å². The molecule has 1 N–H and O–H groups in total. The van der Waals surface area contributed by atoms with Crippen molar-refractivity contribution in [3.05, 3.63) is 35.0 Å². The van der Waals surface area contributed by atoms with Crippen LogP contribution in [-0.4, -0.2) is 16.3 Å². The standard InChI is InChI=1S/C15H21NO/c1-10(2)13-9-16(7-8-17)15-12(4)6-5-11(3)14(13)15/h5-6,9-10,17H,7-8H2,1-4H3. The Hall–Kier alpha value is -1.28. The first kappa shape index (κ1) is 12.2. The number of aromatic nitrogens is 1. The quantitative estimate of drug-likeness (QED) is 0.860. The van der Waals surface area contributed by atoms with Gasteiger partial charge in [-0.25, -0.2) is 0 Å². The SMILES string of the molecule is Cc1ccc(C)c2c1c(C(C)C)cn2CCO. The second-order valence-electron chi connectivity index (χ2n) is 5.08. The summed E-state index contributed by atoms with van der Waals surface area (Å²) in [4.78, 5) is 0. The molecule has 2 nitrogen and oxygen atoms in total. The molecule has 1 aromatic heterocycles. The van der Waals surface area contributed by atoms with Crippen LogP contribution in [0.4, 0.5) is 0 Å². The first-order valence-corrected chi connectivity index (χ1v) is 6.26. The topological polar surface area (TPSA) is 25.2 Å². The van der Waals surface area contributed by atoms with Gasteiger partial charge in [-0.1, -0.05) is 26.0 Å². The lowest BCUT2D eigenvalue weighted by atomic mass is 9.98. The van der Waals surface area contributed by atoms with E-state index >= 15 is 0 Å². The smallest absolute Gasteiger partial charge is 0.0610 e. The number of hydrogen-bond donors (Lipinski definition) is 1. The summed E-state index contributed by atoms with van der Waals surface area (Å²) in [7, 11) is 0. The molecule has 0 aliphatic rings. The number of aliphatic hydroxyl groups is 1. The van der Waals surface area contributed by atoms with Gasteiger partial charge in [0.25, 0.3) is 0 Å². The summed E-state index contributed by atoms with van der Waals surface area (Å²) in [5.74, 6) is 0.512. The molecule has 0 aliphatic carbocycles. The molecule has 1 heterocycles. The molecular formula is C15H21NO. The Morgan fingerprint density at radius 3 is 2.41 bits per heavy atom. The Kier molecular flexibility index (Phi) is 3.25. The molecule has 0 amide bonds. The fourth-order valence-corrected chi connectivity index (χ4v) is 2.55. The molecule has 2 heteroatoms. The minimum absolute atomic E-state index is 0.189. The molecule has 0 spiro atoms. The molecule has 2 aromatic rings. The molecule has 0 saturated heterocycles. The van der Waals surface area contributed by atoms with Crippen molar-refractivity contribution in [3.63, 3.8) is 0 Å². The van der Waals surface area contributed by atoms with Crippen LogP contribution in [0.5, 0.6) is 0 Å². The lowest BCUT2D eigenvalue weighted by Gasteiger charge is -2.07. The van der Waals surface area contributed by atoms with Gasteiger partial charge in [-0.05, 0) is 36.5 Å². The highest BCUT2D eigenvalue weighted by Gasteiger charge is 2.14. The van der Waals surface area contributed by atoms with E-state index in [2.05, 4.69) is 50.6 Å². The highest BCUT2D eigenvalue weighted by atomic mass is 16.3. The van der Waals surface area contributed by atoms with Gasteiger partial charge in [0.2, 0.25) is 0 Å². The lowest BCUT2D eigenvalue weighted by Crippen LogP contribution is -2.01. The molecule has 0 aliphatic heterocycles. The van der Waals surface area contributed by atoms with E-state index in [0.717, 1.165) is 0 Å². The number of benzene rings is 1. The van der Waals surface area contributed by atoms with Gasteiger partial charge in [0.15, 0.2) is 0 Å². The molecular weight excluding hydrogens is 210 g/mol. The zero-order valence-corrected chi connectivity index (χ0v) is 11.1. The number of hydrogen-bond acceptors (Lipinski definition) is 1. The van der Waals surface area contributed by atoms with Crippen molar-refractivity contribution in [3.8, 4) is 0 Å². The lowest BCUT2D eigenvalue weighted by molar-refractivity contribution is 0.278. The normalized spacial score (nSPS) is 11.6. The van der Waals surface area contributed by atoms with E-state index in [-0.39, 0.29) is 6.61 Å². The predicted octanol–water partition coefficient (Wildman–Crippen LogP) is 3.37. The Labute approximate surface area is 103 Å². The summed E-state index contributed by atoms with van der Waals surface area (Å²) >= 11 is 0. The van der Waals surface area contributed by atoms with Crippen molar-refractivity contribution in [2.24, 2.45) is 0 Å². The molecule has 0 fully saturated rings. The minimum Gasteiger partial charge on any atom is -0.395 e. The Balaban J connectivity index is 2.80. The van der Waals surface area contributed by atoms with E-state index in [1.54, 1.807) is 0 Å². The fourth-order valence-electron chi connectivity index (χ4n) is 2.55. The van der Waals surface area contributed by atoms with E-state index < -0.39 is 0 Å². The predicted molar refractivity (Wildman–Crippen MR) is 72.6 cm³/mol. The third-order valence-electron chi connectivity index (χ3n) is 3.42. The second-order valence-corrected chi connectivity index (χ2v) is 5.08. The number of nitrogens with zero attached hydrogens (tertiary/aromatic N) is 1. The average Bonchev–Trinajstić information content (AvgIpc) is 2.65. The first-order valence-electron chi connectivity index (χ1n) is 6.26. The van der Waals surface area contributed by atoms with Crippen LogP contribution in [0.3, 0.4) is 0 Å². The second kappa shape index (κ2) is 4.53. The molecule has 0 bridgehead atoms. The van der Waals surface area contributed by atoms with Gasteiger partial charge in [0.05, 0.1) is 12.1 Å². The van der Waals surface area contributed by atoms with Gasteiger partial charge in [0, 0.05) is 18.1 Å². The van der Waals surface area contributed by atoms with E-state index in [4.69, 9.17) is 5.11 Å². The van der Waals surface area contributed by atoms with Crippen molar-refractivity contribution < 1.29 is 5.11 Å². The number of aryl methyl sites for hydroxylation is 2. The van der Waals surface area contributed by atoms with Crippen LogP contribution in [0.1, 0.15) is 36.5 Å². The molecule has 1 aromatic carbocycles. The van der Waals surface area contributed by atoms with Crippen LogP contribution in [0.15, 0.2) is 18.3 Å². The van der Waals surface area contributed by atoms with Crippen molar-refractivity contribution >= 4 is 10.9 Å². The van der Waals surface area contributed by atoms with Crippen molar-refractivity contribution in [1.29, 1.82) is 0 Å². The third-order valence-corrected chi connectivity index (χ3v) is 3.42. The van der Waals surface area contributed by atoms with Gasteiger partial charge in [-0.15, -0.1) is 0 Å². The van der Waals surface area contributed by atoms with Crippen LogP contribution in [0, 0.1) is 13.8 Å². The van der Waals surface area contributed by atoms with Crippen molar-refractivity contribution in [1.82, 2.24) is 4.57 Å². The molecule has 92 valence electrons. The third kappa shape index (κ3) is 1.98. The van der Waals surface area contributed by atoms with Crippen molar-refractivity contribution in [2.75, 3.05) is 6.61 Å². The van der Waals surface area contributed by atoms with E-state index in [0.29, 0.717) is 12.5 Å². The summed E-state index contributed by atoms with van der Waals surface area (Å²) in [6.07, 6.45) is 2.20. The largest absolute Gasteiger partial charge is 0.395 e. The molecule has 0 radical (unpaired) electrons. The zero-order chi connectivity index (χ0) is 12.6. The highest BCUT2D eigenvalue weighted by Crippen LogP contribution is 2.32. The fraction of sp³-hybridized carbons (Fsp3) is 0.467. The summed E-state index contributed by atoms with van der Waals surface area (Å²) in [6, 6.07) is 4.35. The summed E-state index contributed by atoms with van der Waals surface area (Å²) in [6.45, 7) is 9.61. The summed E-state index contributed by atoms with van der Waals surface area (Å²) in [5.41, 5.74) is 5.27. The Morgan fingerprint density at radius 1 is 1.18 bits per heavy atom. The first-order chi connectivity index (χ1) is 8.06. The monoisotopic (exact) mass is 231 g/mol. The van der Waals surface area contributed by atoms with Gasteiger partial charge in [0.1, 0.15) is 0 Å².